The molecule has 1 aromatic carbocycles. The van der Waals surface area contributed by atoms with Crippen LogP contribution in [0, 0.1) is 199 Å². The molecule has 4 fully saturated rings. The van der Waals surface area contributed by atoms with Crippen molar-refractivity contribution in [1.29, 1.82) is 0 Å². The summed E-state index contributed by atoms with van der Waals surface area (Å²) in [5.74, 6) is 24.9. The van der Waals surface area contributed by atoms with Crippen molar-refractivity contribution in [3.8, 4) is 36.5 Å². The van der Waals surface area contributed by atoms with E-state index in [1.54, 1.807) is 66.9 Å². The molecule has 4 saturated carbocycles. The summed E-state index contributed by atoms with van der Waals surface area (Å²) in [4.78, 5) is 0. The van der Waals surface area contributed by atoms with Crippen LogP contribution in [0.25, 0.3) is 0 Å². The van der Waals surface area contributed by atoms with Crippen molar-refractivity contribution in [3.05, 3.63) is 147 Å². The van der Waals surface area contributed by atoms with E-state index in [2.05, 4.69) is 223 Å². The molecule has 0 nitrogen and oxygen atoms in total. The fraction of sp³-hybridized carbons (Fsp3) is 0.651. The van der Waals surface area contributed by atoms with Crippen LogP contribution in [0.15, 0.2) is 97.2 Å². The second-order valence-corrected chi connectivity index (χ2v) is 44.0. The normalized spacial score (nSPS) is 35.9. The van der Waals surface area contributed by atoms with Crippen molar-refractivity contribution < 1.29 is 49.9 Å². The maximum absolute atomic E-state index is 4.93. The molecule has 0 amide bonds. The summed E-state index contributed by atoms with van der Waals surface area (Å²) in [5, 5.41) is 0. The summed E-state index contributed by atoms with van der Waals surface area (Å²) in [5.41, 5.74) is 25.1. The third kappa shape index (κ3) is 18.3. The molecular weight excluding hydrogens is 1340 g/mol. The van der Waals surface area contributed by atoms with E-state index < -0.39 is 37.0 Å². The number of allylic oxidation sites excluding steroid dienone is 12. The number of terminal acetylenes is 2. The molecule has 92 heavy (non-hydrogen) atoms. The third-order valence-corrected chi connectivity index (χ3v) is 37.9. The quantitative estimate of drug-likeness (QED) is 0.122. The van der Waals surface area contributed by atoms with Gasteiger partial charge in [-0.25, -0.2) is 0 Å². The Bertz CT molecular complexity index is 2660. The molecule has 0 radical (unpaired) electrons. The maximum Gasteiger partial charge on any atom is 4.00 e. The van der Waals surface area contributed by atoms with Crippen LogP contribution in [0.3, 0.4) is 0 Å². The van der Waals surface area contributed by atoms with Gasteiger partial charge in [0.25, 0.3) is 0 Å². The number of hydrogen-bond acceptors (Lipinski definition) is 0. The van der Waals surface area contributed by atoms with Gasteiger partial charge in [0.05, 0.1) is 16.1 Å². The number of halogens is 2. The molecule has 24 atom stereocenters. The van der Waals surface area contributed by atoms with Gasteiger partial charge in [-0.15, -0.1) is 25.0 Å². The molecule has 24 unspecified atom stereocenters. The summed E-state index contributed by atoms with van der Waals surface area (Å²) < 4.78 is 0. The molecule has 1 aromatic rings. The van der Waals surface area contributed by atoms with Crippen molar-refractivity contribution in [2.24, 2.45) is 118 Å². The van der Waals surface area contributed by atoms with Crippen LogP contribution in [0.2, 0.25) is 48.4 Å². The SMILES string of the molecule is C#CC#CC#C.CC.CC.CC1=C(C)C2C(C)C(C)C([Si](C)(C)C3C(C)C(C)C4C(C)=C(C)C(C)C(C)C43)C2C(C)=C1C.CC1=C(C)C2C(C)C(C)C([Si](C)(C)C3C(C)C(C)C4C(C)=C(C)C(C)C(C)C43)C2C(C)=C1C.[CH2-]c1ccccc1.[CH3-].[CH3-].[CH3-].[CH3-].[CH3-].[Cl][Zr+2][Cl].[HH].[HH].[Zr+4]. The molecule has 0 aliphatic heterocycles. The van der Waals surface area contributed by atoms with Crippen molar-refractivity contribution in [2.75, 3.05) is 0 Å². The van der Waals surface area contributed by atoms with Gasteiger partial charge in [0, 0.05) is 2.85 Å². The first-order valence-corrected chi connectivity index (χ1v) is 47.0. The van der Waals surface area contributed by atoms with Gasteiger partial charge in [0.15, 0.2) is 0 Å². The molecule has 8 aliphatic rings. The van der Waals surface area contributed by atoms with E-state index >= 15 is 0 Å². The van der Waals surface area contributed by atoms with Gasteiger partial charge < -0.3 is 37.1 Å². The molecule has 0 N–H and O–H groups in total. The largest absolute Gasteiger partial charge is 4.00 e. The van der Waals surface area contributed by atoms with Crippen molar-refractivity contribution in [1.82, 2.24) is 0 Å². The number of fused-ring (bicyclic) bond motifs is 4. The molecule has 0 spiro atoms. The van der Waals surface area contributed by atoms with Gasteiger partial charge in [0.2, 0.25) is 0 Å². The molecule has 8 aliphatic carbocycles. The topological polar surface area (TPSA) is 0 Å². The first kappa shape index (κ1) is 97.4. The Labute approximate surface area is 621 Å². The monoisotopic (exact) mass is 1490 g/mol. The summed E-state index contributed by atoms with van der Waals surface area (Å²) in [6, 6.07) is 9.87. The Kier molecular flexibility index (Phi) is 43.3. The molecule has 0 saturated heterocycles. The van der Waals surface area contributed by atoms with Crippen LogP contribution >= 0.6 is 17.0 Å². The molecule has 0 bridgehead atoms. The van der Waals surface area contributed by atoms with Crippen molar-refractivity contribution in [2.45, 2.75) is 242 Å². The number of rotatable bonds is 4. The smallest absolute Gasteiger partial charge is 0 e. The fourth-order valence-electron chi connectivity index (χ4n) is 21.8. The second-order valence-electron chi connectivity index (χ2n) is 30.3. The minimum Gasteiger partial charge on any atom is 0 e. The summed E-state index contributed by atoms with van der Waals surface area (Å²) >= 11 is -0.826. The van der Waals surface area contributed by atoms with Crippen LogP contribution in [0.5, 0.6) is 0 Å². The number of benzene rings is 1. The Morgan fingerprint density at radius 1 is 0.370 bits per heavy atom. The Balaban J connectivity index is -0.000000299. The zero-order valence-corrected chi connectivity index (χ0v) is 75.3. The fourth-order valence-corrected chi connectivity index (χ4v) is 35.1. The number of hydrogen-bond donors (Lipinski definition) is 0. The van der Waals surface area contributed by atoms with Crippen LogP contribution in [0.1, 0.15) is 202 Å². The van der Waals surface area contributed by atoms with Crippen molar-refractivity contribution in [3.63, 3.8) is 0 Å². The van der Waals surface area contributed by atoms with Crippen LogP contribution in [-0.2, 0) is 47.1 Å². The van der Waals surface area contributed by atoms with E-state index in [1.165, 1.54) is 0 Å². The molecule has 522 valence electrons. The van der Waals surface area contributed by atoms with Crippen LogP contribution < -0.4 is 0 Å². The van der Waals surface area contributed by atoms with Gasteiger partial charge in [-0.1, -0.05) is 188 Å². The second kappa shape index (κ2) is 40.9. The maximum atomic E-state index is 4.93. The van der Waals surface area contributed by atoms with E-state index in [9.17, 15) is 0 Å². The van der Waals surface area contributed by atoms with E-state index in [-0.39, 0.29) is 66.2 Å². The Hall–Kier alpha value is -1.01. The van der Waals surface area contributed by atoms with Crippen LogP contribution in [-0.4, -0.2) is 16.1 Å². The molecule has 9 rings (SSSR count). The summed E-state index contributed by atoms with van der Waals surface area (Å²) in [6.07, 6.45) is 9.39. The van der Waals surface area contributed by atoms with E-state index in [0.29, 0.717) is 0 Å². The average molecular weight is 1490 g/mol. The van der Waals surface area contributed by atoms with E-state index in [0.717, 1.165) is 146 Å². The zero-order chi connectivity index (χ0) is 66.4. The first-order valence-electron chi connectivity index (χ1n) is 34.4. The van der Waals surface area contributed by atoms with E-state index in [4.69, 9.17) is 29.9 Å². The van der Waals surface area contributed by atoms with Gasteiger partial charge in [-0.3, -0.25) is 0 Å². The third-order valence-electron chi connectivity index (χ3n) is 27.4. The standard InChI is InChI=1S/2C32H54Si.C7H7.C6H2.2C2H6.5CH3.2ClH.2Zr.2H2/c2*1-15-17(3)21(7)29-27(19(15)5)23(9)25(11)31(29)33(13,14)32-26(12)24(10)28-20(6)16(2)18(4)22(8)30(28)32;1-7-5-3-2-4-6-7;1-3-5-6-4-2;2*1-2;;;;;;;;;;;/h2*17,21,23-32H,1-14H3;2-6H,1H2;1-2H;2*1-2H3;5*1H3;2*1H;;;2*1H/q;;-1;;;;5*-1;;;2*+4;;/p-2. The van der Waals surface area contributed by atoms with Gasteiger partial charge >= 0.3 is 64.1 Å². The summed E-state index contributed by atoms with van der Waals surface area (Å²) in [6.45, 7) is 83.9. The van der Waals surface area contributed by atoms with Crippen molar-refractivity contribution >= 4 is 33.2 Å². The molecule has 0 aromatic heterocycles. The molecule has 6 heteroatoms. The molecular formula is C86H148Cl2Si2Zr2. The van der Waals surface area contributed by atoms with Gasteiger partial charge in [-0.2, -0.15) is 24.6 Å². The molecule has 0 heterocycles. The summed E-state index contributed by atoms with van der Waals surface area (Å²) in [7, 11) is 6.69. The minimum atomic E-state index is -1.59. The zero-order valence-electron chi connectivity index (χ0n) is 66.9. The van der Waals surface area contributed by atoms with Crippen LogP contribution in [0.4, 0.5) is 0 Å². The predicted molar refractivity (Wildman–Crippen MR) is 425 cm³/mol. The predicted octanol–water partition coefficient (Wildman–Crippen LogP) is 27.9. The Morgan fingerprint density at radius 3 is 0.826 bits per heavy atom. The minimum absolute atomic E-state index is 0. The van der Waals surface area contributed by atoms with Gasteiger partial charge in [0.1, 0.15) is 0 Å². The van der Waals surface area contributed by atoms with E-state index in [1.807, 2.05) is 58.0 Å². The Morgan fingerprint density at radius 2 is 0.598 bits per heavy atom. The van der Waals surface area contributed by atoms with Gasteiger partial charge in [-0.05, 0) is 270 Å². The average Bonchev–Trinajstić information content (AvgIpc) is 1.54. The first-order chi connectivity index (χ1) is 40.1.